The fourth-order valence-corrected chi connectivity index (χ4v) is 1.26. The molecule has 2 rings (SSSR count). The Morgan fingerprint density at radius 2 is 1.67 bits per heavy atom. The van der Waals surface area contributed by atoms with Gasteiger partial charge in [-0.3, -0.25) is 0 Å². The van der Waals surface area contributed by atoms with E-state index in [1.807, 2.05) is 30.3 Å². The third kappa shape index (κ3) is 2.58. The maximum Gasteiger partial charge on any atom is 0.224 e. The van der Waals surface area contributed by atoms with E-state index in [0.29, 0.717) is 5.75 Å². The van der Waals surface area contributed by atoms with Crippen molar-refractivity contribution in [2.24, 2.45) is 0 Å². The van der Waals surface area contributed by atoms with Crippen LogP contribution in [0.3, 0.4) is 0 Å². The molecular formula is C13H11O2. The van der Waals surface area contributed by atoms with E-state index in [1.54, 1.807) is 24.3 Å². The Balaban J connectivity index is 2.08. The van der Waals surface area contributed by atoms with Crippen molar-refractivity contribution in [3.05, 3.63) is 66.2 Å². The molecule has 0 spiro atoms. The van der Waals surface area contributed by atoms with Gasteiger partial charge in [0.25, 0.3) is 0 Å². The van der Waals surface area contributed by atoms with Crippen LogP contribution in [0.5, 0.6) is 5.75 Å². The molecule has 15 heavy (non-hydrogen) atoms. The number of hydrogen-bond acceptors (Lipinski definition) is 2. The van der Waals surface area contributed by atoms with Crippen molar-refractivity contribution in [1.82, 2.24) is 0 Å². The molecule has 0 aliphatic carbocycles. The molecular weight excluding hydrogens is 188 g/mol. The lowest BCUT2D eigenvalue weighted by Gasteiger charge is -2.13. The van der Waals surface area contributed by atoms with Crippen LogP contribution in [0.1, 0.15) is 11.9 Å². The van der Waals surface area contributed by atoms with Gasteiger partial charge in [-0.1, -0.05) is 42.5 Å². The minimum absolute atomic E-state index is 0.630. The largest absolute Gasteiger partial charge is 0.461 e. The van der Waals surface area contributed by atoms with Crippen molar-refractivity contribution < 1.29 is 9.84 Å². The van der Waals surface area contributed by atoms with Crippen LogP contribution in [0.4, 0.5) is 0 Å². The first-order valence-corrected chi connectivity index (χ1v) is 4.72. The number of hydrogen-bond donors (Lipinski definition) is 1. The van der Waals surface area contributed by atoms with E-state index in [9.17, 15) is 5.11 Å². The third-order valence-electron chi connectivity index (χ3n) is 2.02. The van der Waals surface area contributed by atoms with Crippen LogP contribution in [0, 0.1) is 6.07 Å². The lowest BCUT2D eigenvalue weighted by molar-refractivity contribution is -0.0194. The van der Waals surface area contributed by atoms with Gasteiger partial charge in [-0.25, -0.2) is 0 Å². The van der Waals surface area contributed by atoms with Gasteiger partial charge in [-0.2, -0.15) is 0 Å². The third-order valence-corrected chi connectivity index (χ3v) is 2.02. The van der Waals surface area contributed by atoms with Gasteiger partial charge in [0, 0.05) is 5.56 Å². The van der Waals surface area contributed by atoms with Crippen LogP contribution in [0.2, 0.25) is 0 Å². The van der Waals surface area contributed by atoms with Crippen LogP contribution < -0.4 is 4.74 Å². The van der Waals surface area contributed by atoms with E-state index in [-0.39, 0.29) is 0 Å². The van der Waals surface area contributed by atoms with Gasteiger partial charge in [0.2, 0.25) is 6.29 Å². The fourth-order valence-electron chi connectivity index (χ4n) is 1.26. The number of aliphatic hydroxyl groups is 1. The van der Waals surface area contributed by atoms with Gasteiger partial charge >= 0.3 is 0 Å². The molecule has 0 aliphatic rings. The number of ether oxygens (including phenoxy) is 1. The van der Waals surface area contributed by atoms with Crippen LogP contribution in [-0.2, 0) is 0 Å². The summed E-state index contributed by atoms with van der Waals surface area (Å²) in [6.07, 6.45) is -0.923. The lowest BCUT2D eigenvalue weighted by Crippen LogP contribution is -2.05. The van der Waals surface area contributed by atoms with Gasteiger partial charge in [0.15, 0.2) is 0 Å². The van der Waals surface area contributed by atoms with Crippen molar-refractivity contribution in [2.75, 3.05) is 0 Å². The van der Waals surface area contributed by atoms with E-state index in [4.69, 9.17) is 4.74 Å². The smallest absolute Gasteiger partial charge is 0.224 e. The summed E-state index contributed by atoms with van der Waals surface area (Å²) in [5.74, 6) is 0.630. The number of aliphatic hydroxyl groups excluding tert-OH is 1. The second-order valence-corrected chi connectivity index (χ2v) is 3.12. The van der Waals surface area contributed by atoms with E-state index in [2.05, 4.69) is 6.07 Å². The molecule has 0 saturated carbocycles. The summed E-state index contributed by atoms with van der Waals surface area (Å²) in [5.41, 5.74) is 0.741. The molecule has 0 aromatic heterocycles. The predicted octanol–water partition coefficient (Wildman–Crippen LogP) is 2.56. The van der Waals surface area contributed by atoms with Crippen LogP contribution in [0.15, 0.2) is 54.6 Å². The molecule has 1 radical (unpaired) electrons. The minimum atomic E-state index is -0.923. The molecule has 0 aliphatic heterocycles. The highest BCUT2D eigenvalue weighted by Gasteiger charge is 2.07. The zero-order chi connectivity index (χ0) is 10.5. The molecule has 1 unspecified atom stereocenters. The first-order chi connectivity index (χ1) is 7.36. The molecule has 75 valence electrons. The zero-order valence-corrected chi connectivity index (χ0v) is 8.13. The summed E-state index contributed by atoms with van der Waals surface area (Å²) in [7, 11) is 0. The summed E-state index contributed by atoms with van der Waals surface area (Å²) in [6.45, 7) is 0. The molecule has 1 N–H and O–H groups in total. The summed E-state index contributed by atoms with van der Waals surface area (Å²) in [5, 5.41) is 9.74. The SMILES string of the molecule is OC(Oc1cc[c]cc1)c1ccccc1. The van der Waals surface area contributed by atoms with Crippen LogP contribution in [0.25, 0.3) is 0 Å². The molecule has 0 fully saturated rings. The summed E-state index contributed by atoms with van der Waals surface area (Å²) in [6, 6.07) is 19.1. The Bertz CT molecular complexity index is 397. The Labute approximate surface area is 88.8 Å². The van der Waals surface area contributed by atoms with Crippen molar-refractivity contribution in [1.29, 1.82) is 0 Å². The van der Waals surface area contributed by atoms with Gasteiger partial charge in [0.1, 0.15) is 5.75 Å². The highest BCUT2D eigenvalue weighted by Crippen LogP contribution is 2.18. The van der Waals surface area contributed by atoms with Crippen molar-refractivity contribution in [3.8, 4) is 5.75 Å². The van der Waals surface area contributed by atoms with Crippen molar-refractivity contribution in [2.45, 2.75) is 6.29 Å². The lowest BCUT2D eigenvalue weighted by atomic mass is 10.2. The Morgan fingerprint density at radius 3 is 2.33 bits per heavy atom. The van der Waals surface area contributed by atoms with Gasteiger partial charge < -0.3 is 9.84 Å². The van der Waals surface area contributed by atoms with E-state index >= 15 is 0 Å². The summed E-state index contributed by atoms with van der Waals surface area (Å²) >= 11 is 0. The maximum atomic E-state index is 9.74. The second-order valence-electron chi connectivity index (χ2n) is 3.12. The van der Waals surface area contributed by atoms with Gasteiger partial charge in [-0.05, 0) is 18.2 Å². The highest BCUT2D eigenvalue weighted by atomic mass is 16.6. The minimum Gasteiger partial charge on any atom is -0.461 e. The Hall–Kier alpha value is -1.80. The highest BCUT2D eigenvalue weighted by molar-refractivity contribution is 5.22. The second kappa shape index (κ2) is 4.62. The first kappa shape index (κ1) is 9.74. The normalized spacial score (nSPS) is 12.1. The Kier molecular flexibility index (Phi) is 3.00. The molecule has 2 nitrogen and oxygen atoms in total. The predicted molar refractivity (Wildman–Crippen MR) is 57.3 cm³/mol. The van der Waals surface area contributed by atoms with Crippen molar-refractivity contribution in [3.63, 3.8) is 0 Å². The van der Waals surface area contributed by atoms with Crippen molar-refractivity contribution >= 4 is 0 Å². The standard InChI is InChI=1S/C13H11O2/c14-13(11-7-3-1-4-8-11)15-12-9-5-2-6-10-12/h1,3-10,13-14H. The van der Waals surface area contributed by atoms with E-state index < -0.39 is 6.29 Å². The number of rotatable bonds is 3. The van der Waals surface area contributed by atoms with Gasteiger partial charge in [0.05, 0.1) is 0 Å². The molecule has 1 atom stereocenters. The Morgan fingerprint density at radius 1 is 1.00 bits per heavy atom. The first-order valence-electron chi connectivity index (χ1n) is 4.72. The average Bonchev–Trinajstić information content (AvgIpc) is 2.31. The molecule has 0 amide bonds. The van der Waals surface area contributed by atoms with Crippen LogP contribution >= 0.6 is 0 Å². The van der Waals surface area contributed by atoms with Crippen LogP contribution in [-0.4, -0.2) is 5.11 Å². The van der Waals surface area contributed by atoms with E-state index in [1.165, 1.54) is 0 Å². The maximum absolute atomic E-state index is 9.74. The quantitative estimate of drug-likeness (QED) is 0.770. The summed E-state index contributed by atoms with van der Waals surface area (Å²) < 4.78 is 5.34. The average molecular weight is 199 g/mol. The molecule has 2 aromatic carbocycles. The molecule has 0 saturated heterocycles. The molecule has 2 heteroatoms. The summed E-state index contributed by atoms with van der Waals surface area (Å²) in [4.78, 5) is 0. The van der Waals surface area contributed by atoms with Gasteiger partial charge in [-0.15, -0.1) is 0 Å². The molecule has 2 aromatic rings. The fraction of sp³-hybridized carbons (Fsp3) is 0.0769. The topological polar surface area (TPSA) is 29.5 Å². The molecule has 0 heterocycles. The molecule has 0 bridgehead atoms. The number of benzene rings is 2. The monoisotopic (exact) mass is 199 g/mol. The van der Waals surface area contributed by atoms with E-state index in [0.717, 1.165) is 5.56 Å². The zero-order valence-electron chi connectivity index (χ0n) is 8.13.